The van der Waals surface area contributed by atoms with E-state index in [-0.39, 0.29) is 0 Å². The minimum absolute atomic E-state index is 0.368. The van der Waals surface area contributed by atoms with Crippen LogP contribution in [0.1, 0.15) is 0 Å². The summed E-state index contributed by atoms with van der Waals surface area (Å²) in [5.41, 5.74) is 5.78. The van der Waals surface area contributed by atoms with Crippen LogP contribution in [0.5, 0.6) is 0 Å². The molecule has 3 rings (SSSR count). The Kier molecular flexibility index (Phi) is 2.64. The van der Waals surface area contributed by atoms with Gasteiger partial charge in [-0.15, -0.1) is 11.3 Å². The van der Waals surface area contributed by atoms with Crippen LogP contribution in [0.25, 0.3) is 10.2 Å². The Morgan fingerprint density at radius 1 is 1.35 bits per heavy atom. The quantitative estimate of drug-likeness (QED) is 0.629. The number of rotatable bonds is 1. The molecular formula is C10H14BN5S. The molecule has 1 saturated heterocycles. The van der Waals surface area contributed by atoms with E-state index in [1.807, 2.05) is 0 Å². The van der Waals surface area contributed by atoms with Gasteiger partial charge in [-0.05, 0) is 10.8 Å². The summed E-state index contributed by atoms with van der Waals surface area (Å²) >= 11 is 1.67. The van der Waals surface area contributed by atoms with Crippen molar-refractivity contribution in [3.05, 3.63) is 6.07 Å². The van der Waals surface area contributed by atoms with Crippen molar-refractivity contribution in [2.24, 2.45) is 0 Å². The van der Waals surface area contributed by atoms with E-state index in [0.717, 1.165) is 42.2 Å². The van der Waals surface area contributed by atoms with Crippen LogP contribution >= 0.6 is 11.3 Å². The molecular weight excluding hydrogens is 233 g/mol. The summed E-state index contributed by atoms with van der Waals surface area (Å²) in [5, 5.41) is 4.47. The molecule has 0 spiro atoms. The summed E-state index contributed by atoms with van der Waals surface area (Å²) in [6.45, 7) is 3.93. The van der Waals surface area contributed by atoms with Gasteiger partial charge in [0.25, 0.3) is 0 Å². The van der Waals surface area contributed by atoms with Crippen molar-refractivity contribution in [2.75, 3.05) is 36.8 Å². The largest absolute Gasteiger partial charge is 0.368 e. The van der Waals surface area contributed by atoms with Crippen molar-refractivity contribution < 1.29 is 0 Å². The molecule has 0 bridgehead atoms. The highest BCUT2D eigenvalue weighted by Crippen LogP contribution is 2.27. The molecule has 0 unspecified atom stereocenters. The van der Waals surface area contributed by atoms with Crippen LogP contribution in [0, 0.1) is 0 Å². The molecule has 2 aromatic rings. The monoisotopic (exact) mass is 247 g/mol. The first-order valence-corrected chi connectivity index (χ1v) is 6.55. The van der Waals surface area contributed by atoms with Crippen LogP contribution in [0.2, 0.25) is 0 Å². The predicted octanol–water partition coefficient (Wildman–Crippen LogP) is -1.06. The number of piperazine rings is 1. The maximum Gasteiger partial charge on any atom is 0.223 e. The van der Waals surface area contributed by atoms with Gasteiger partial charge in [-0.1, -0.05) is 0 Å². The smallest absolute Gasteiger partial charge is 0.223 e. The fourth-order valence-electron chi connectivity index (χ4n) is 2.16. The highest BCUT2D eigenvalue weighted by atomic mass is 32.1. The lowest BCUT2D eigenvalue weighted by Gasteiger charge is -2.28. The zero-order valence-electron chi connectivity index (χ0n) is 9.73. The SMILES string of the molecule is Bc1cc2c(N3CCNCC3)nc(N)nc2s1. The number of nitrogens with zero attached hydrogens (tertiary/aromatic N) is 3. The zero-order valence-corrected chi connectivity index (χ0v) is 10.5. The average molecular weight is 247 g/mol. The first-order chi connectivity index (χ1) is 8.24. The average Bonchev–Trinajstić information content (AvgIpc) is 2.69. The van der Waals surface area contributed by atoms with Crippen molar-refractivity contribution >= 4 is 45.9 Å². The number of nitrogens with one attached hydrogen (secondary N) is 1. The number of fused-ring (bicyclic) bond motifs is 1. The zero-order chi connectivity index (χ0) is 11.8. The third-order valence-corrected chi connectivity index (χ3v) is 3.87. The molecule has 0 atom stereocenters. The van der Waals surface area contributed by atoms with Gasteiger partial charge in [0.05, 0.1) is 5.39 Å². The number of thiophene rings is 1. The van der Waals surface area contributed by atoms with E-state index in [0.29, 0.717) is 5.95 Å². The predicted molar refractivity (Wildman–Crippen MR) is 75.1 cm³/mol. The third kappa shape index (κ3) is 1.96. The first-order valence-electron chi connectivity index (χ1n) is 5.73. The summed E-state index contributed by atoms with van der Waals surface area (Å²) in [4.78, 5) is 12.0. The van der Waals surface area contributed by atoms with Gasteiger partial charge in [-0.2, -0.15) is 4.98 Å². The Bertz CT molecular complexity index is 549. The Morgan fingerprint density at radius 3 is 2.88 bits per heavy atom. The van der Waals surface area contributed by atoms with Gasteiger partial charge in [-0.3, -0.25) is 0 Å². The standard InChI is InChI=1S/C10H14BN5S/c11-7-5-6-8(16-3-1-13-2-4-16)14-10(12)15-9(6)17-7/h5,13H,1-4,11H2,(H2,12,14,15). The molecule has 3 N–H and O–H groups in total. The molecule has 1 fully saturated rings. The number of nitrogens with two attached hydrogens (primary N) is 1. The number of anilines is 2. The summed E-state index contributed by atoms with van der Waals surface area (Å²) in [5.74, 6) is 1.35. The van der Waals surface area contributed by atoms with Crippen molar-refractivity contribution in [3.8, 4) is 0 Å². The van der Waals surface area contributed by atoms with Crippen molar-refractivity contribution in [3.63, 3.8) is 0 Å². The highest BCUT2D eigenvalue weighted by molar-refractivity contribution is 7.25. The van der Waals surface area contributed by atoms with Crippen LogP contribution in [-0.2, 0) is 0 Å². The van der Waals surface area contributed by atoms with Crippen molar-refractivity contribution in [2.45, 2.75) is 0 Å². The summed E-state index contributed by atoms with van der Waals surface area (Å²) in [7, 11) is 2.09. The van der Waals surface area contributed by atoms with Crippen LogP contribution in [0.3, 0.4) is 0 Å². The van der Waals surface area contributed by atoms with Crippen LogP contribution in [-0.4, -0.2) is 44.0 Å². The summed E-state index contributed by atoms with van der Waals surface area (Å²) < 4.78 is 1.25. The van der Waals surface area contributed by atoms with Gasteiger partial charge >= 0.3 is 0 Å². The van der Waals surface area contributed by atoms with E-state index >= 15 is 0 Å². The lowest BCUT2D eigenvalue weighted by molar-refractivity contribution is 0.586. The second kappa shape index (κ2) is 4.16. The molecule has 3 heterocycles. The van der Waals surface area contributed by atoms with Gasteiger partial charge in [0.1, 0.15) is 10.6 Å². The minimum Gasteiger partial charge on any atom is -0.368 e. The lowest BCUT2D eigenvalue weighted by atomic mass is 10.1. The van der Waals surface area contributed by atoms with Crippen molar-refractivity contribution in [1.82, 2.24) is 15.3 Å². The number of hydrogen-bond acceptors (Lipinski definition) is 6. The summed E-state index contributed by atoms with van der Waals surface area (Å²) in [6, 6.07) is 2.15. The second-order valence-corrected chi connectivity index (χ2v) is 5.45. The molecule has 2 aromatic heterocycles. The molecule has 88 valence electrons. The second-order valence-electron chi connectivity index (χ2n) is 4.22. The molecule has 5 nitrogen and oxygen atoms in total. The van der Waals surface area contributed by atoms with Gasteiger partial charge in [0.15, 0.2) is 7.85 Å². The fourth-order valence-corrected chi connectivity index (χ4v) is 3.04. The first kappa shape index (κ1) is 10.8. The molecule has 0 aromatic carbocycles. The number of hydrogen-bond donors (Lipinski definition) is 2. The molecule has 0 aliphatic carbocycles. The van der Waals surface area contributed by atoms with Gasteiger partial charge < -0.3 is 16.0 Å². The third-order valence-electron chi connectivity index (χ3n) is 2.93. The molecule has 17 heavy (non-hydrogen) atoms. The summed E-state index contributed by atoms with van der Waals surface area (Å²) in [6.07, 6.45) is 0. The van der Waals surface area contributed by atoms with Gasteiger partial charge in [0, 0.05) is 26.2 Å². The molecule has 7 heteroatoms. The molecule has 0 radical (unpaired) electrons. The van der Waals surface area contributed by atoms with Gasteiger partial charge in [0.2, 0.25) is 5.95 Å². The lowest BCUT2D eigenvalue weighted by Crippen LogP contribution is -2.44. The van der Waals surface area contributed by atoms with E-state index in [1.165, 1.54) is 4.78 Å². The van der Waals surface area contributed by atoms with E-state index < -0.39 is 0 Å². The Morgan fingerprint density at radius 2 is 2.12 bits per heavy atom. The maximum absolute atomic E-state index is 5.78. The minimum atomic E-state index is 0.368. The maximum atomic E-state index is 5.78. The molecule has 1 aliphatic rings. The molecule has 0 amide bonds. The van der Waals surface area contributed by atoms with E-state index in [2.05, 4.69) is 34.1 Å². The van der Waals surface area contributed by atoms with Crippen molar-refractivity contribution in [1.29, 1.82) is 0 Å². The van der Waals surface area contributed by atoms with E-state index in [4.69, 9.17) is 5.73 Å². The number of aromatic nitrogens is 2. The van der Waals surface area contributed by atoms with Gasteiger partial charge in [-0.25, -0.2) is 4.98 Å². The van der Waals surface area contributed by atoms with Crippen LogP contribution < -0.4 is 20.7 Å². The topological polar surface area (TPSA) is 67.1 Å². The van der Waals surface area contributed by atoms with E-state index in [1.54, 1.807) is 11.3 Å². The van der Waals surface area contributed by atoms with Crippen LogP contribution in [0.15, 0.2) is 6.07 Å². The fraction of sp³-hybridized carbons (Fsp3) is 0.400. The van der Waals surface area contributed by atoms with E-state index in [9.17, 15) is 0 Å². The Hall–Kier alpha value is -1.34. The normalized spacial score (nSPS) is 16.6. The Labute approximate surface area is 104 Å². The Balaban J connectivity index is 2.12. The highest BCUT2D eigenvalue weighted by Gasteiger charge is 2.17. The molecule has 1 aliphatic heterocycles. The van der Waals surface area contributed by atoms with Crippen LogP contribution in [0.4, 0.5) is 11.8 Å². The number of nitrogen functional groups attached to an aromatic ring is 1. The molecule has 0 saturated carbocycles.